The molecular formula is C15H22N2O3. The van der Waals surface area contributed by atoms with Crippen molar-refractivity contribution in [3.05, 3.63) is 23.9 Å². The summed E-state index contributed by atoms with van der Waals surface area (Å²) in [5.41, 5.74) is 0.533. The van der Waals surface area contributed by atoms with Crippen LogP contribution in [0.3, 0.4) is 0 Å². The van der Waals surface area contributed by atoms with Crippen molar-refractivity contribution in [2.45, 2.75) is 38.6 Å². The number of carbonyl (C=O) groups is 1. The van der Waals surface area contributed by atoms with Crippen LogP contribution in [0.15, 0.2) is 18.3 Å². The molecule has 1 aromatic heterocycles. The summed E-state index contributed by atoms with van der Waals surface area (Å²) in [7, 11) is 0. The van der Waals surface area contributed by atoms with E-state index < -0.39 is 0 Å². The van der Waals surface area contributed by atoms with Gasteiger partial charge in [-0.1, -0.05) is 0 Å². The van der Waals surface area contributed by atoms with Crippen LogP contribution in [0.5, 0.6) is 0 Å². The van der Waals surface area contributed by atoms with E-state index in [1.807, 2.05) is 0 Å². The molecule has 1 N–H and O–H groups in total. The van der Waals surface area contributed by atoms with Crippen molar-refractivity contribution >= 4 is 11.8 Å². The largest absolute Gasteiger partial charge is 0.462 e. The molecule has 1 fully saturated rings. The first-order valence-electron chi connectivity index (χ1n) is 7.27. The Morgan fingerprint density at radius 3 is 3.20 bits per heavy atom. The predicted molar refractivity (Wildman–Crippen MR) is 76.9 cm³/mol. The third-order valence-corrected chi connectivity index (χ3v) is 3.63. The zero-order chi connectivity index (χ0) is 14.4. The highest BCUT2D eigenvalue weighted by atomic mass is 16.5. The van der Waals surface area contributed by atoms with Gasteiger partial charge in [0, 0.05) is 25.4 Å². The summed E-state index contributed by atoms with van der Waals surface area (Å²) in [4.78, 5) is 18.6. The van der Waals surface area contributed by atoms with Gasteiger partial charge in [-0.25, -0.2) is 9.78 Å². The van der Waals surface area contributed by atoms with Crippen molar-refractivity contribution in [1.29, 1.82) is 0 Å². The zero-order valence-corrected chi connectivity index (χ0v) is 11.9. The average molecular weight is 278 g/mol. The summed E-state index contributed by atoms with van der Waals surface area (Å²) in [5.74, 6) is 0.398. The van der Waals surface area contributed by atoms with E-state index in [1.54, 1.807) is 25.3 Å². The number of aliphatic hydroxyl groups excluding tert-OH is 1. The Balaban J connectivity index is 2.20. The van der Waals surface area contributed by atoms with E-state index in [0.29, 0.717) is 24.0 Å². The molecule has 0 spiro atoms. The van der Waals surface area contributed by atoms with Crippen molar-refractivity contribution in [3.8, 4) is 0 Å². The van der Waals surface area contributed by atoms with Crippen LogP contribution in [-0.4, -0.2) is 41.9 Å². The number of carbonyl (C=O) groups excluding carboxylic acids is 1. The van der Waals surface area contributed by atoms with E-state index >= 15 is 0 Å². The Hall–Kier alpha value is -1.62. The number of anilines is 1. The number of hydrogen-bond acceptors (Lipinski definition) is 5. The van der Waals surface area contributed by atoms with Crippen molar-refractivity contribution in [2.75, 3.05) is 24.7 Å². The summed E-state index contributed by atoms with van der Waals surface area (Å²) in [5, 5.41) is 8.99. The molecule has 2 heterocycles. The minimum atomic E-state index is -0.316. The molecule has 110 valence electrons. The fraction of sp³-hybridized carbons (Fsp3) is 0.600. The van der Waals surface area contributed by atoms with Crippen molar-refractivity contribution in [3.63, 3.8) is 0 Å². The number of aliphatic hydroxyl groups is 1. The first-order chi connectivity index (χ1) is 9.77. The number of esters is 1. The topological polar surface area (TPSA) is 62.7 Å². The molecule has 20 heavy (non-hydrogen) atoms. The third kappa shape index (κ3) is 3.28. The van der Waals surface area contributed by atoms with Gasteiger partial charge in [0.05, 0.1) is 6.61 Å². The van der Waals surface area contributed by atoms with Crippen molar-refractivity contribution in [2.24, 2.45) is 0 Å². The van der Waals surface area contributed by atoms with E-state index in [4.69, 9.17) is 9.84 Å². The molecule has 0 amide bonds. The molecule has 0 radical (unpaired) electrons. The summed E-state index contributed by atoms with van der Waals surface area (Å²) in [6, 6.07) is 3.88. The Bertz CT molecular complexity index is 450. The monoisotopic (exact) mass is 278 g/mol. The van der Waals surface area contributed by atoms with Crippen molar-refractivity contribution in [1.82, 2.24) is 4.98 Å². The summed E-state index contributed by atoms with van der Waals surface area (Å²) < 4.78 is 5.10. The molecule has 2 rings (SSSR count). The lowest BCUT2D eigenvalue weighted by Gasteiger charge is -2.27. The van der Waals surface area contributed by atoms with E-state index in [1.165, 1.54) is 0 Å². The maximum absolute atomic E-state index is 12.0. The van der Waals surface area contributed by atoms with E-state index in [2.05, 4.69) is 9.88 Å². The lowest BCUT2D eigenvalue weighted by atomic mass is 10.1. The van der Waals surface area contributed by atoms with E-state index in [9.17, 15) is 4.79 Å². The molecule has 0 saturated carbocycles. The zero-order valence-electron chi connectivity index (χ0n) is 11.9. The Kier molecular flexibility index (Phi) is 5.35. The van der Waals surface area contributed by atoms with Gasteiger partial charge in [-0.15, -0.1) is 0 Å². The highest BCUT2D eigenvalue weighted by Crippen LogP contribution is 2.29. The maximum atomic E-state index is 12.0. The Morgan fingerprint density at radius 1 is 1.60 bits per heavy atom. The molecule has 0 bridgehead atoms. The number of aromatic nitrogens is 1. The van der Waals surface area contributed by atoms with Crippen LogP contribution in [-0.2, 0) is 4.74 Å². The highest BCUT2D eigenvalue weighted by Gasteiger charge is 2.28. The highest BCUT2D eigenvalue weighted by molar-refractivity contribution is 5.94. The normalized spacial score (nSPS) is 18.3. The maximum Gasteiger partial charge on any atom is 0.341 e. The molecule has 1 aromatic rings. The Morgan fingerprint density at radius 2 is 2.45 bits per heavy atom. The second-order valence-electron chi connectivity index (χ2n) is 4.95. The molecule has 1 atom stereocenters. The number of pyridine rings is 1. The number of hydrogen-bond donors (Lipinski definition) is 1. The smallest absolute Gasteiger partial charge is 0.341 e. The Labute approximate surface area is 119 Å². The first kappa shape index (κ1) is 14.8. The SMILES string of the molecule is CCOC(=O)c1cccnc1N1CCCC1CCCO. The van der Waals surface area contributed by atoms with Crippen LogP contribution < -0.4 is 4.90 Å². The van der Waals surface area contributed by atoms with Gasteiger partial charge in [0.2, 0.25) is 0 Å². The molecule has 1 aliphatic heterocycles. The van der Waals surface area contributed by atoms with Gasteiger partial charge in [0.15, 0.2) is 0 Å². The predicted octanol–water partition coefficient (Wildman–Crippen LogP) is 2.00. The first-order valence-corrected chi connectivity index (χ1v) is 7.27. The fourth-order valence-electron chi connectivity index (χ4n) is 2.74. The van der Waals surface area contributed by atoms with Gasteiger partial charge >= 0.3 is 5.97 Å². The standard InChI is InChI=1S/C15H22N2O3/c1-2-20-15(19)13-8-3-9-16-14(13)17-10-4-6-12(17)7-5-11-18/h3,8-9,12,18H,2,4-7,10-11H2,1H3. The lowest BCUT2D eigenvalue weighted by Crippen LogP contribution is -2.31. The lowest BCUT2D eigenvalue weighted by molar-refractivity contribution is 0.0526. The van der Waals surface area contributed by atoms with Crippen LogP contribution in [0.25, 0.3) is 0 Å². The molecular weight excluding hydrogens is 256 g/mol. The van der Waals surface area contributed by atoms with Gasteiger partial charge in [-0.2, -0.15) is 0 Å². The summed E-state index contributed by atoms with van der Waals surface area (Å²) in [6.07, 6.45) is 5.59. The number of nitrogens with zero attached hydrogens (tertiary/aromatic N) is 2. The quantitative estimate of drug-likeness (QED) is 0.806. The van der Waals surface area contributed by atoms with Gasteiger partial charge < -0.3 is 14.7 Å². The second kappa shape index (κ2) is 7.24. The molecule has 5 heteroatoms. The van der Waals surface area contributed by atoms with Crippen LogP contribution in [0.1, 0.15) is 43.0 Å². The fourth-order valence-corrected chi connectivity index (χ4v) is 2.74. The molecule has 0 aromatic carbocycles. The number of ether oxygens (including phenoxy) is 1. The second-order valence-corrected chi connectivity index (χ2v) is 4.95. The molecule has 0 aliphatic carbocycles. The van der Waals surface area contributed by atoms with Gasteiger partial charge in [0.25, 0.3) is 0 Å². The summed E-state index contributed by atoms with van der Waals surface area (Å²) >= 11 is 0. The van der Waals surface area contributed by atoms with Gasteiger partial charge in [0.1, 0.15) is 11.4 Å². The van der Waals surface area contributed by atoms with E-state index in [0.717, 1.165) is 32.2 Å². The average Bonchev–Trinajstić information content (AvgIpc) is 2.93. The van der Waals surface area contributed by atoms with Crippen LogP contribution in [0, 0.1) is 0 Å². The molecule has 1 saturated heterocycles. The van der Waals surface area contributed by atoms with Crippen LogP contribution >= 0.6 is 0 Å². The molecule has 1 unspecified atom stereocenters. The van der Waals surface area contributed by atoms with Gasteiger partial charge in [-0.05, 0) is 44.7 Å². The summed E-state index contributed by atoms with van der Waals surface area (Å²) in [6.45, 7) is 3.27. The van der Waals surface area contributed by atoms with Crippen LogP contribution in [0.2, 0.25) is 0 Å². The van der Waals surface area contributed by atoms with Gasteiger partial charge in [-0.3, -0.25) is 0 Å². The van der Waals surface area contributed by atoms with Crippen LogP contribution in [0.4, 0.5) is 5.82 Å². The van der Waals surface area contributed by atoms with E-state index in [-0.39, 0.29) is 12.6 Å². The molecule has 5 nitrogen and oxygen atoms in total. The minimum Gasteiger partial charge on any atom is -0.462 e. The minimum absolute atomic E-state index is 0.206. The number of rotatable bonds is 6. The third-order valence-electron chi connectivity index (χ3n) is 3.63. The molecule has 1 aliphatic rings. The van der Waals surface area contributed by atoms with Crippen molar-refractivity contribution < 1.29 is 14.6 Å².